The van der Waals surface area contributed by atoms with Crippen molar-refractivity contribution in [3.63, 3.8) is 0 Å². The number of nitrogens with one attached hydrogen (secondary N) is 2. The van der Waals surface area contributed by atoms with E-state index in [1.807, 2.05) is 0 Å². The molecule has 11 heteroatoms. The monoisotopic (exact) mass is 457 g/mol. The van der Waals surface area contributed by atoms with Crippen molar-refractivity contribution in [2.75, 3.05) is 44.7 Å². The number of aromatic nitrogens is 2. The average molecular weight is 458 g/mol. The highest BCUT2D eigenvalue weighted by Crippen LogP contribution is 2.46. The molecule has 0 radical (unpaired) electrons. The van der Waals surface area contributed by atoms with Gasteiger partial charge in [0.25, 0.3) is 5.91 Å². The van der Waals surface area contributed by atoms with Crippen molar-refractivity contribution in [3.05, 3.63) is 46.6 Å². The Balaban J connectivity index is 1.53. The highest BCUT2D eigenvalue weighted by atomic mass is 35.5. The second kappa shape index (κ2) is 9.05. The summed E-state index contributed by atoms with van der Waals surface area (Å²) in [6.45, 7) is 3.77. The first-order chi connectivity index (χ1) is 14.8. The number of fused-ring (bicyclic) bond motifs is 1. The van der Waals surface area contributed by atoms with Gasteiger partial charge in [-0.3, -0.25) is 9.69 Å². The van der Waals surface area contributed by atoms with Crippen LogP contribution in [-0.2, 0) is 4.74 Å². The van der Waals surface area contributed by atoms with Crippen molar-refractivity contribution in [2.45, 2.75) is 24.7 Å². The van der Waals surface area contributed by atoms with Crippen LogP contribution in [0.25, 0.3) is 0 Å². The van der Waals surface area contributed by atoms with Crippen LogP contribution < -0.4 is 10.6 Å². The molecule has 1 amide bonds. The van der Waals surface area contributed by atoms with Crippen molar-refractivity contribution < 1.29 is 22.7 Å². The van der Waals surface area contributed by atoms with E-state index in [9.17, 15) is 18.0 Å². The van der Waals surface area contributed by atoms with Gasteiger partial charge >= 0.3 is 6.18 Å². The fraction of sp³-hybridized carbons (Fsp3) is 0.500. The summed E-state index contributed by atoms with van der Waals surface area (Å²) < 4.78 is 47.5. The second-order valence-corrected chi connectivity index (χ2v) is 7.94. The summed E-state index contributed by atoms with van der Waals surface area (Å²) in [5, 5.41) is 9.57. The smallest absolute Gasteiger partial charge is 0.379 e. The van der Waals surface area contributed by atoms with Gasteiger partial charge in [0.05, 0.1) is 19.3 Å². The number of carbonyl (C=O) groups excluding carboxylic acids is 1. The lowest BCUT2D eigenvalue weighted by atomic mass is 9.97. The molecule has 0 unspecified atom stereocenters. The molecule has 3 heterocycles. The van der Waals surface area contributed by atoms with Crippen LogP contribution in [0.5, 0.6) is 0 Å². The first kappa shape index (κ1) is 21.9. The Bertz CT molecular complexity index is 916. The van der Waals surface area contributed by atoms with Crippen molar-refractivity contribution >= 4 is 23.3 Å². The third-order valence-electron chi connectivity index (χ3n) is 5.53. The number of amides is 1. The van der Waals surface area contributed by atoms with Crippen LogP contribution >= 0.6 is 11.6 Å². The highest BCUT2D eigenvalue weighted by Gasteiger charge is 2.47. The molecule has 0 aliphatic carbocycles. The molecule has 2 aliphatic rings. The summed E-state index contributed by atoms with van der Waals surface area (Å²) >= 11 is 6.33. The lowest BCUT2D eigenvalue weighted by molar-refractivity contribution is -0.173. The number of morpholine rings is 1. The summed E-state index contributed by atoms with van der Waals surface area (Å²) in [4.78, 5) is 14.7. The summed E-state index contributed by atoms with van der Waals surface area (Å²) in [6, 6.07) is 6.34. The van der Waals surface area contributed by atoms with Gasteiger partial charge in [0.15, 0.2) is 11.7 Å². The number of hydrogen-bond acceptors (Lipinski definition) is 5. The Morgan fingerprint density at radius 1 is 1.26 bits per heavy atom. The highest BCUT2D eigenvalue weighted by molar-refractivity contribution is 6.36. The minimum atomic E-state index is -4.54. The SMILES string of the molecule is O=C(NCCN1CCOCC1)c1nn2c(c1Cl)N[C@@H](c1ccccc1)C[C@H]2C(F)(F)F. The number of nitrogens with zero attached hydrogens (tertiary/aromatic N) is 3. The maximum Gasteiger partial charge on any atom is 0.410 e. The molecule has 1 aromatic heterocycles. The Morgan fingerprint density at radius 3 is 2.65 bits per heavy atom. The minimum Gasteiger partial charge on any atom is -0.379 e. The molecule has 2 aliphatic heterocycles. The van der Waals surface area contributed by atoms with Crippen molar-refractivity contribution in [2.24, 2.45) is 0 Å². The van der Waals surface area contributed by atoms with Gasteiger partial charge in [0.1, 0.15) is 10.8 Å². The minimum absolute atomic E-state index is 0.00224. The molecule has 0 spiro atoms. The van der Waals surface area contributed by atoms with Crippen LogP contribution in [0, 0.1) is 0 Å². The lowest BCUT2D eigenvalue weighted by Crippen LogP contribution is -2.41. The zero-order valence-electron chi connectivity index (χ0n) is 16.7. The van der Waals surface area contributed by atoms with E-state index >= 15 is 0 Å². The molecular weight excluding hydrogens is 435 g/mol. The van der Waals surface area contributed by atoms with Crippen LogP contribution in [0.3, 0.4) is 0 Å². The normalized spacial score (nSPS) is 21.9. The summed E-state index contributed by atoms with van der Waals surface area (Å²) in [5.41, 5.74) is 0.492. The first-order valence-electron chi connectivity index (χ1n) is 10.1. The van der Waals surface area contributed by atoms with Gasteiger partial charge < -0.3 is 15.4 Å². The van der Waals surface area contributed by atoms with Crippen LogP contribution in [0.2, 0.25) is 5.02 Å². The van der Waals surface area contributed by atoms with Gasteiger partial charge in [-0.25, -0.2) is 4.68 Å². The predicted octanol–water partition coefficient (Wildman–Crippen LogP) is 3.26. The average Bonchev–Trinajstić information content (AvgIpc) is 3.10. The largest absolute Gasteiger partial charge is 0.410 e. The Kier molecular flexibility index (Phi) is 6.40. The lowest BCUT2D eigenvalue weighted by Gasteiger charge is -2.33. The number of hydrogen-bond donors (Lipinski definition) is 2. The van der Waals surface area contributed by atoms with Gasteiger partial charge in [-0.1, -0.05) is 41.9 Å². The molecular formula is C20H23ClF3N5O2. The van der Waals surface area contributed by atoms with Crippen LogP contribution in [0.15, 0.2) is 30.3 Å². The van der Waals surface area contributed by atoms with E-state index in [-0.39, 0.29) is 23.0 Å². The number of rotatable bonds is 5. The molecule has 0 saturated carbocycles. The number of carbonyl (C=O) groups is 1. The van der Waals surface area contributed by atoms with Gasteiger partial charge in [-0.05, 0) is 5.56 Å². The van der Waals surface area contributed by atoms with Crippen LogP contribution in [0.1, 0.15) is 34.6 Å². The van der Waals surface area contributed by atoms with Gasteiger partial charge in [0.2, 0.25) is 0 Å². The van der Waals surface area contributed by atoms with E-state index in [1.54, 1.807) is 30.3 Å². The van der Waals surface area contributed by atoms with E-state index in [2.05, 4.69) is 20.6 Å². The quantitative estimate of drug-likeness (QED) is 0.721. The Hall–Kier alpha value is -2.30. The van der Waals surface area contributed by atoms with Gasteiger partial charge in [0, 0.05) is 32.6 Å². The zero-order valence-corrected chi connectivity index (χ0v) is 17.4. The second-order valence-electron chi connectivity index (χ2n) is 7.57. The number of halogens is 4. The maximum absolute atomic E-state index is 13.8. The van der Waals surface area contributed by atoms with Crippen molar-refractivity contribution in [3.8, 4) is 0 Å². The molecule has 31 heavy (non-hydrogen) atoms. The molecule has 1 saturated heterocycles. The van der Waals surface area contributed by atoms with Crippen LogP contribution in [-0.4, -0.2) is 66.2 Å². The van der Waals surface area contributed by atoms with E-state index < -0.39 is 24.2 Å². The van der Waals surface area contributed by atoms with E-state index in [0.717, 1.165) is 17.8 Å². The van der Waals surface area contributed by atoms with E-state index in [4.69, 9.17) is 16.3 Å². The summed E-state index contributed by atoms with van der Waals surface area (Å²) in [7, 11) is 0. The number of anilines is 1. The molecule has 2 aromatic rings. The number of benzene rings is 1. The fourth-order valence-corrected chi connectivity index (χ4v) is 4.14. The first-order valence-corrected chi connectivity index (χ1v) is 10.5. The fourth-order valence-electron chi connectivity index (χ4n) is 3.87. The van der Waals surface area contributed by atoms with E-state index in [0.29, 0.717) is 31.9 Å². The summed E-state index contributed by atoms with van der Waals surface area (Å²) in [6.07, 6.45) is -4.79. The topological polar surface area (TPSA) is 71.4 Å². The third-order valence-corrected chi connectivity index (χ3v) is 5.89. The zero-order chi connectivity index (χ0) is 22.0. The molecule has 2 atom stereocenters. The van der Waals surface area contributed by atoms with Gasteiger partial charge in [-0.2, -0.15) is 18.3 Å². The summed E-state index contributed by atoms with van der Waals surface area (Å²) in [5.74, 6) is -0.596. The van der Waals surface area contributed by atoms with E-state index in [1.165, 1.54) is 0 Å². The molecule has 1 fully saturated rings. The van der Waals surface area contributed by atoms with Crippen molar-refractivity contribution in [1.29, 1.82) is 0 Å². The molecule has 168 valence electrons. The van der Waals surface area contributed by atoms with Crippen molar-refractivity contribution in [1.82, 2.24) is 20.0 Å². The molecule has 2 N–H and O–H groups in total. The number of alkyl halides is 3. The molecule has 1 aromatic carbocycles. The number of ether oxygens (including phenoxy) is 1. The Morgan fingerprint density at radius 2 is 1.97 bits per heavy atom. The molecule has 4 rings (SSSR count). The van der Waals surface area contributed by atoms with Crippen LogP contribution in [0.4, 0.5) is 19.0 Å². The maximum atomic E-state index is 13.8. The third kappa shape index (κ3) is 4.81. The molecule has 7 nitrogen and oxygen atoms in total. The predicted molar refractivity (Wildman–Crippen MR) is 109 cm³/mol. The standard InChI is InChI=1S/C20H23ClF3N5O2/c21-16-17(19(30)25-6-7-28-8-10-31-11-9-28)27-29-15(20(22,23)24)12-14(26-18(16)29)13-4-2-1-3-5-13/h1-5,14-15,26H,6-12H2,(H,25,30)/t14-,15+/m1/s1. The Labute approximate surface area is 182 Å². The molecule has 0 bridgehead atoms. The van der Waals surface area contributed by atoms with Gasteiger partial charge in [-0.15, -0.1) is 0 Å².